The molecule has 0 aliphatic rings. The van der Waals surface area contributed by atoms with E-state index >= 15 is 0 Å². The first-order valence-electron chi connectivity index (χ1n) is 7.70. The van der Waals surface area contributed by atoms with Gasteiger partial charge in [0.2, 0.25) is 0 Å². The van der Waals surface area contributed by atoms with Crippen LogP contribution in [0.25, 0.3) is 0 Å². The van der Waals surface area contributed by atoms with Crippen LogP contribution in [0.4, 0.5) is 0 Å². The molecule has 1 unspecified atom stereocenters. The van der Waals surface area contributed by atoms with Crippen molar-refractivity contribution in [3.05, 3.63) is 35.9 Å². The molecule has 0 aromatic heterocycles. The zero-order chi connectivity index (χ0) is 17.1. The van der Waals surface area contributed by atoms with E-state index in [1.54, 1.807) is 0 Å². The Bertz CT molecular complexity index is 424. The van der Waals surface area contributed by atoms with E-state index in [1.165, 1.54) is 6.55 Å². The first-order valence-corrected chi connectivity index (χ1v) is 10.2. The summed E-state index contributed by atoms with van der Waals surface area (Å²) in [6.45, 7) is 4.62. The Morgan fingerprint density at radius 2 is 1.59 bits per heavy atom. The lowest BCUT2D eigenvalue weighted by molar-refractivity contribution is -0.238. The van der Waals surface area contributed by atoms with Gasteiger partial charge in [-0.05, 0) is 31.5 Å². The van der Waals surface area contributed by atoms with Crippen molar-refractivity contribution in [3.8, 4) is 0 Å². The summed E-state index contributed by atoms with van der Waals surface area (Å²) in [6, 6.07) is 10.5. The molecule has 11 nitrogen and oxygen atoms in total. The maximum absolute atomic E-state index is 9.89. The maximum Gasteiger partial charge on any atom is 0.406 e. The highest BCUT2D eigenvalue weighted by atomic mass is 28.4. The summed E-state index contributed by atoms with van der Waals surface area (Å²) in [7, 11) is -2.89. The standard InChI is InChI=1S/C15H27NO6Si.4H2O/c1-13(14-7-4-3-5-8-14)16-11-15(17)12-20-9-6-10-23(2,21-18)22-19;;;;/h3-5,7-8,13,15-19H,6,9-12H2,1-2H3;4*1H2/t13-,15?;;;;/m1..../s1. The highest BCUT2D eigenvalue weighted by molar-refractivity contribution is 6.65. The number of aliphatic hydroxyl groups is 1. The molecule has 1 aromatic rings. The highest BCUT2D eigenvalue weighted by Gasteiger charge is 2.32. The third-order valence-electron chi connectivity index (χ3n) is 3.58. The minimum absolute atomic E-state index is 0. The van der Waals surface area contributed by atoms with Gasteiger partial charge in [-0.15, -0.1) is 0 Å². The van der Waals surface area contributed by atoms with Crippen LogP contribution >= 0.6 is 0 Å². The largest absolute Gasteiger partial charge is 0.412 e. The van der Waals surface area contributed by atoms with Gasteiger partial charge >= 0.3 is 8.56 Å². The normalized spacial score (nSPS) is 12.5. The molecule has 12 N–H and O–H groups in total. The maximum atomic E-state index is 9.89. The molecule has 0 spiro atoms. The first kappa shape index (κ1) is 33.6. The van der Waals surface area contributed by atoms with Gasteiger partial charge in [-0.2, -0.15) is 0 Å². The van der Waals surface area contributed by atoms with Gasteiger partial charge in [0.25, 0.3) is 0 Å². The van der Waals surface area contributed by atoms with E-state index in [0.717, 1.165) is 5.56 Å². The summed E-state index contributed by atoms with van der Waals surface area (Å²) in [5.74, 6) is 0. The zero-order valence-electron chi connectivity index (χ0n) is 15.6. The number of hydrogen-bond donors (Lipinski definition) is 4. The van der Waals surface area contributed by atoms with Crippen LogP contribution < -0.4 is 5.32 Å². The Morgan fingerprint density at radius 3 is 2.11 bits per heavy atom. The van der Waals surface area contributed by atoms with Crippen molar-refractivity contribution < 1.29 is 51.4 Å². The van der Waals surface area contributed by atoms with Gasteiger partial charge in [0, 0.05) is 19.2 Å². The van der Waals surface area contributed by atoms with Crippen molar-refractivity contribution in [1.29, 1.82) is 0 Å². The molecular formula is C15H35NO10Si. The summed E-state index contributed by atoms with van der Waals surface area (Å²) in [5.41, 5.74) is 1.16. The number of ether oxygens (including phenoxy) is 1. The van der Waals surface area contributed by atoms with Crippen LogP contribution in [0.1, 0.15) is 24.9 Å². The summed E-state index contributed by atoms with van der Waals surface area (Å²) >= 11 is 0. The number of hydrogen-bond acceptors (Lipinski definition) is 7. The SMILES string of the molecule is C[C@@H](NCC(O)COCCC[Si](C)(OO)OO)c1ccccc1.O.O.O.O. The zero-order valence-corrected chi connectivity index (χ0v) is 16.6. The van der Waals surface area contributed by atoms with E-state index in [9.17, 15) is 5.11 Å². The third kappa shape index (κ3) is 13.8. The summed E-state index contributed by atoms with van der Waals surface area (Å²) < 4.78 is 13.7. The van der Waals surface area contributed by atoms with E-state index in [0.29, 0.717) is 25.6 Å². The first-order chi connectivity index (χ1) is 11.0. The minimum atomic E-state index is -2.89. The molecule has 0 bridgehead atoms. The van der Waals surface area contributed by atoms with Crippen LogP contribution in [0, 0.1) is 0 Å². The Kier molecular flexibility index (Phi) is 22.8. The smallest absolute Gasteiger partial charge is 0.406 e. The number of nitrogens with one attached hydrogen (secondary N) is 1. The van der Waals surface area contributed by atoms with Crippen LogP contribution in [0.2, 0.25) is 12.6 Å². The molecule has 1 aromatic carbocycles. The highest BCUT2D eigenvalue weighted by Crippen LogP contribution is 2.13. The van der Waals surface area contributed by atoms with E-state index in [1.807, 2.05) is 37.3 Å². The Hall–Kier alpha value is -1.00. The van der Waals surface area contributed by atoms with E-state index in [4.69, 9.17) is 15.3 Å². The predicted molar refractivity (Wildman–Crippen MR) is 103 cm³/mol. The molecule has 0 fully saturated rings. The van der Waals surface area contributed by atoms with E-state index < -0.39 is 14.7 Å². The molecule has 0 aliphatic carbocycles. The summed E-state index contributed by atoms with van der Waals surface area (Å²) in [6.07, 6.45) is -0.0438. The van der Waals surface area contributed by atoms with Crippen molar-refractivity contribution in [2.45, 2.75) is 38.1 Å². The molecule has 12 heteroatoms. The van der Waals surface area contributed by atoms with Crippen LogP contribution in [0.5, 0.6) is 0 Å². The Morgan fingerprint density at radius 1 is 1.04 bits per heavy atom. The number of benzene rings is 1. The van der Waals surface area contributed by atoms with Crippen molar-refractivity contribution in [2.75, 3.05) is 19.8 Å². The quantitative estimate of drug-likeness (QED) is 0.141. The van der Waals surface area contributed by atoms with Gasteiger partial charge in [-0.25, -0.2) is 0 Å². The van der Waals surface area contributed by atoms with Crippen molar-refractivity contribution in [2.24, 2.45) is 0 Å². The van der Waals surface area contributed by atoms with Gasteiger partial charge in [0.05, 0.1) is 12.7 Å². The fourth-order valence-electron chi connectivity index (χ4n) is 2.05. The Labute approximate surface area is 159 Å². The van der Waals surface area contributed by atoms with Gasteiger partial charge < -0.3 is 37.1 Å². The molecular weight excluding hydrogens is 382 g/mol. The van der Waals surface area contributed by atoms with Crippen LogP contribution in [-0.2, 0) is 13.9 Å². The number of rotatable bonds is 12. The second-order valence-corrected chi connectivity index (χ2v) is 8.82. The molecule has 164 valence electrons. The lowest BCUT2D eigenvalue weighted by atomic mass is 10.1. The van der Waals surface area contributed by atoms with Gasteiger partial charge in [0.15, 0.2) is 0 Å². The predicted octanol–water partition coefficient (Wildman–Crippen LogP) is -1.14. The van der Waals surface area contributed by atoms with Crippen LogP contribution in [0.3, 0.4) is 0 Å². The molecule has 0 saturated heterocycles. The molecule has 0 radical (unpaired) electrons. The van der Waals surface area contributed by atoms with Crippen molar-refractivity contribution in [1.82, 2.24) is 5.32 Å². The van der Waals surface area contributed by atoms with E-state index in [2.05, 4.69) is 14.5 Å². The average molecular weight is 418 g/mol. The fraction of sp³-hybridized carbons (Fsp3) is 0.600. The van der Waals surface area contributed by atoms with Crippen LogP contribution in [-0.4, -0.2) is 71.9 Å². The lowest BCUT2D eigenvalue weighted by Crippen LogP contribution is -2.36. The molecule has 0 saturated carbocycles. The Balaban J connectivity index is -0.000000661. The fourth-order valence-corrected chi connectivity index (χ4v) is 3.06. The molecule has 0 aliphatic heterocycles. The van der Waals surface area contributed by atoms with Gasteiger partial charge in [0.1, 0.15) is 0 Å². The van der Waals surface area contributed by atoms with Gasteiger partial charge in [-0.3, -0.25) is 19.7 Å². The molecule has 1 rings (SSSR count). The topological polar surface area (TPSA) is 226 Å². The minimum Gasteiger partial charge on any atom is -0.412 e. The monoisotopic (exact) mass is 417 g/mol. The van der Waals surface area contributed by atoms with Gasteiger partial charge in [-0.1, -0.05) is 30.3 Å². The summed E-state index contributed by atoms with van der Waals surface area (Å²) in [5, 5.41) is 30.4. The van der Waals surface area contributed by atoms with Crippen molar-refractivity contribution in [3.63, 3.8) is 0 Å². The lowest BCUT2D eigenvalue weighted by Gasteiger charge is -2.19. The second kappa shape index (κ2) is 18.4. The molecule has 2 atom stereocenters. The van der Waals surface area contributed by atoms with E-state index in [-0.39, 0.29) is 34.6 Å². The van der Waals surface area contributed by atoms with Crippen LogP contribution in [0.15, 0.2) is 30.3 Å². The molecule has 27 heavy (non-hydrogen) atoms. The molecule has 0 amide bonds. The summed E-state index contributed by atoms with van der Waals surface area (Å²) in [4.78, 5) is 0. The third-order valence-corrected chi connectivity index (χ3v) is 5.61. The number of aliphatic hydroxyl groups excluding tert-OH is 1. The average Bonchev–Trinajstić information content (AvgIpc) is 2.59. The van der Waals surface area contributed by atoms with Crippen molar-refractivity contribution >= 4 is 8.56 Å². The second-order valence-electron chi connectivity index (χ2n) is 5.69. The molecule has 0 heterocycles.